The Morgan fingerprint density at radius 1 is 1.27 bits per heavy atom. The summed E-state index contributed by atoms with van der Waals surface area (Å²) in [5, 5.41) is 2.56. The molecule has 1 aromatic carbocycles. The van der Waals surface area contributed by atoms with Crippen molar-refractivity contribution in [2.24, 2.45) is 7.05 Å². The van der Waals surface area contributed by atoms with Gasteiger partial charge >= 0.3 is 12.1 Å². The van der Waals surface area contributed by atoms with Crippen LogP contribution in [0.3, 0.4) is 0 Å². The second kappa shape index (κ2) is 5.70. The topological polar surface area (TPSA) is 60.3 Å². The molecule has 0 spiro atoms. The van der Waals surface area contributed by atoms with Crippen molar-refractivity contribution in [2.75, 3.05) is 13.7 Å². The number of hydrogen-bond acceptors (Lipinski definition) is 3. The van der Waals surface area contributed by atoms with Gasteiger partial charge in [0.25, 0.3) is 5.91 Å². The van der Waals surface area contributed by atoms with Crippen molar-refractivity contribution in [1.29, 1.82) is 0 Å². The summed E-state index contributed by atoms with van der Waals surface area (Å²) in [7, 11) is 2.93. The summed E-state index contributed by atoms with van der Waals surface area (Å²) in [6.07, 6.45) is -4.45. The molecule has 2 aromatic rings. The number of amides is 1. The van der Waals surface area contributed by atoms with Crippen molar-refractivity contribution < 1.29 is 27.5 Å². The average Bonchev–Trinajstić information content (AvgIpc) is 2.80. The van der Waals surface area contributed by atoms with Gasteiger partial charge in [0.1, 0.15) is 5.69 Å². The fourth-order valence-electron chi connectivity index (χ4n) is 2.00. The number of rotatable bonds is 3. The molecule has 0 atom stereocenters. The Balaban J connectivity index is 2.34. The number of halogens is 3. The maximum atomic E-state index is 12.7. The first-order valence-corrected chi connectivity index (χ1v) is 6.28. The van der Waals surface area contributed by atoms with Crippen LogP contribution in [0.25, 0.3) is 10.9 Å². The van der Waals surface area contributed by atoms with Crippen molar-refractivity contribution in [2.45, 2.75) is 6.18 Å². The van der Waals surface area contributed by atoms with Crippen LogP contribution in [0.5, 0.6) is 0 Å². The van der Waals surface area contributed by atoms with Crippen molar-refractivity contribution in [3.63, 3.8) is 0 Å². The van der Waals surface area contributed by atoms with Gasteiger partial charge in [-0.2, -0.15) is 13.2 Å². The van der Waals surface area contributed by atoms with Crippen molar-refractivity contribution >= 4 is 22.8 Å². The predicted octanol–water partition coefficient (Wildman–Crippen LogP) is 2.10. The maximum Gasteiger partial charge on any atom is 0.416 e. The number of fused-ring (bicyclic) bond motifs is 1. The fourth-order valence-corrected chi connectivity index (χ4v) is 2.00. The third-order valence-electron chi connectivity index (χ3n) is 3.19. The molecule has 0 bridgehead atoms. The van der Waals surface area contributed by atoms with Gasteiger partial charge < -0.3 is 14.6 Å². The van der Waals surface area contributed by atoms with Crippen molar-refractivity contribution in [1.82, 2.24) is 9.88 Å². The molecule has 0 saturated heterocycles. The number of carbonyl (C=O) groups is 2. The molecule has 22 heavy (non-hydrogen) atoms. The Kier molecular flexibility index (Phi) is 4.11. The van der Waals surface area contributed by atoms with Gasteiger partial charge in [-0.15, -0.1) is 0 Å². The lowest BCUT2D eigenvalue weighted by Crippen LogP contribution is -2.25. The van der Waals surface area contributed by atoms with Gasteiger partial charge in [-0.1, -0.05) is 0 Å². The third kappa shape index (κ3) is 3.05. The van der Waals surface area contributed by atoms with Gasteiger partial charge in [0.2, 0.25) is 0 Å². The van der Waals surface area contributed by atoms with Crippen LogP contribution in [0, 0.1) is 0 Å². The molecule has 0 fully saturated rings. The van der Waals surface area contributed by atoms with Crippen LogP contribution >= 0.6 is 0 Å². The van der Waals surface area contributed by atoms with E-state index in [1.165, 1.54) is 30.8 Å². The summed E-state index contributed by atoms with van der Waals surface area (Å²) in [4.78, 5) is 22.9. The second-order valence-corrected chi connectivity index (χ2v) is 4.61. The van der Waals surface area contributed by atoms with E-state index in [2.05, 4.69) is 5.32 Å². The highest BCUT2D eigenvalue weighted by molar-refractivity contribution is 5.96. The van der Waals surface area contributed by atoms with Crippen molar-refractivity contribution in [3.8, 4) is 0 Å². The molecule has 0 saturated carbocycles. The summed E-state index contributed by atoms with van der Waals surface area (Å²) in [5.41, 5.74) is -0.269. The maximum absolute atomic E-state index is 12.7. The number of carbonyl (C=O) groups excluding carboxylic acids is 2. The Labute approximate surface area is 123 Å². The molecule has 0 aliphatic carbocycles. The van der Waals surface area contributed by atoms with E-state index in [1.807, 2.05) is 0 Å². The van der Waals surface area contributed by atoms with Crippen LogP contribution in [-0.4, -0.2) is 30.1 Å². The first kappa shape index (κ1) is 15.9. The Hall–Kier alpha value is -2.51. The zero-order chi connectivity index (χ0) is 16.5. The van der Waals surface area contributed by atoms with Gasteiger partial charge in [0, 0.05) is 25.0 Å². The molecule has 1 aromatic heterocycles. The highest BCUT2D eigenvalue weighted by Gasteiger charge is 2.31. The molecule has 0 unspecified atom stereocenters. The molecule has 0 radical (unpaired) electrons. The summed E-state index contributed by atoms with van der Waals surface area (Å²) >= 11 is 0. The third-order valence-corrected chi connectivity index (χ3v) is 3.19. The first-order chi connectivity index (χ1) is 10.2. The lowest BCUT2D eigenvalue weighted by atomic mass is 10.1. The largest absolute Gasteiger partial charge is 0.451 e. The molecule has 5 nitrogen and oxygen atoms in total. The van der Waals surface area contributed by atoms with Gasteiger partial charge in [0.15, 0.2) is 6.61 Å². The zero-order valence-electron chi connectivity index (χ0n) is 11.8. The highest BCUT2D eigenvalue weighted by Crippen LogP contribution is 2.32. The number of benzene rings is 1. The van der Waals surface area contributed by atoms with E-state index in [4.69, 9.17) is 4.74 Å². The first-order valence-electron chi connectivity index (χ1n) is 6.28. The number of alkyl halides is 3. The molecule has 118 valence electrons. The molecule has 2 rings (SSSR count). The Morgan fingerprint density at radius 2 is 1.95 bits per heavy atom. The standard InChI is InChI=1S/C14H13F3N2O3/c1-18-12(20)7-22-13(21)11-6-8-5-9(14(15,16)17)3-4-10(8)19(11)2/h3-6H,7H2,1-2H3,(H,18,20). The van der Waals surface area contributed by atoms with E-state index in [1.54, 1.807) is 0 Å². The quantitative estimate of drug-likeness (QED) is 0.883. The molecule has 0 aliphatic heterocycles. The number of likely N-dealkylation sites (N-methyl/N-ethyl adjacent to an activating group) is 1. The summed E-state index contributed by atoms with van der Waals surface area (Å²) in [6, 6.07) is 4.50. The van der Waals surface area contributed by atoms with Crippen LogP contribution in [0.4, 0.5) is 13.2 Å². The molecule has 8 heteroatoms. The Morgan fingerprint density at radius 3 is 2.55 bits per heavy atom. The molecular weight excluding hydrogens is 301 g/mol. The van der Waals surface area contributed by atoms with Gasteiger partial charge in [-0.05, 0) is 24.3 Å². The second-order valence-electron chi connectivity index (χ2n) is 4.61. The summed E-state index contributed by atoms with van der Waals surface area (Å²) in [6.45, 7) is -0.454. The summed E-state index contributed by atoms with van der Waals surface area (Å²) < 4.78 is 44.3. The minimum absolute atomic E-state index is 0.0678. The molecular formula is C14H13F3N2O3. The van der Waals surface area contributed by atoms with Crippen LogP contribution in [0.15, 0.2) is 24.3 Å². The number of ether oxygens (including phenoxy) is 1. The van der Waals surface area contributed by atoms with Crippen LogP contribution in [-0.2, 0) is 22.8 Å². The zero-order valence-corrected chi connectivity index (χ0v) is 11.8. The number of nitrogens with one attached hydrogen (secondary N) is 1. The predicted molar refractivity (Wildman–Crippen MR) is 72.3 cm³/mol. The lowest BCUT2D eigenvalue weighted by molar-refractivity contribution is -0.137. The van der Waals surface area contributed by atoms with Gasteiger partial charge in [-0.3, -0.25) is 4.79 Å². The minimum atomic E-state index is -4.45. The van der Waals surface area contributed by atoms with Crippen LogP contribution in [0.2, 0.25) is 0 Å². The van der Waals surface area contributed by atoms with Crippen molar-refractivity contribution in [3.05, 3.63) is 35.5 Å². The fraction of sp³-hybridized carbons (Fsp3) is 0.286. The van der Waals surface area contributed by atoms with E-state index in [-0.39, 0.29) is 11.1 Å². The van der Waals surface area contributed by atoms with Gasteiger partial charge in [-0.25, -0.2) is 4.79 Å². The van der Waals surface area contributed by atoms with Crippen LogP contribution in [0.1, 0.15) is 16.1 Å². The smallest absolute Gasteiger partial charge is 0.416 e. The minimum Gasteiger partial charge on any atom is -0.451 e. The monoisotopic (exact) mass is 314 g/mol. The van der Waals surface area contributed by atoms with E-state index >= 15 is 0 Å². The number of nitrogens with zero attached hydrogens (tertiary/aromatic N) is 1. The molecule has 1 amide bonds. The van der Waals surface area contributed by atoms with E-state index in [9.17, 15) is 22.8 Å². The lowest BCUT2D eigenvalue weighted by Gasteiger charge is -2.07. The number of aromatic nitrogens is 1. The number of aryl methyl sites for hydroxylation is 1. The SMILES string of the molecule is CNC(=O)COC(=O)c1cc2cc(C(F)(F)F)ccc2n1C. The molecule has 0 aliphatic rings. The number of hydrogen-bond donors (Lipinski definition) is 1. The average molecular weight is 314 g/mol. The van der Waals surface area contributed by atoms with Gasteiger partial charge in [0.05, 0.1) is 5.56 Å². The summed E-state index contributed by atoms with van der Waals surface area (Å²) in [5.74, 6) is -1.26. The van der Waals surface area contributed by atoms with Crippen LogP contribution < -0.4 is 5.32 Å². The normalized spacial score (nSPS) is 11.5. The van der Waals surface area contributed by atoms with E-state index in [0.29, 0.717) is 5.52 Å². The number of esters is 1. The molecule has 1 N–H and O–H groups in total. The Bertz CT molecular complexity index is 735. The molecule has 1 heterocycles. The van der Waals surface area contributed by atoms with E-state index in [0.717, 1.165) is 12.1 Å². The van der Waals surface area contributed by atoms with E-state index < -0.39 is 30.2 Å². The highest BCUT2D eigenvalue weighted by atomic mass is 19.4.